The first kappa shape index (κ1) is 15.7. The van der Waals surface area contributed by atoms with E-state index < -0.39 is 0 Å². The van der Waals surface area contributed by atoms with Gasteiger partial charge in [-0.3, -0.25) is 5.43 Å². The fraction of sp³-hybridized carbons (Fsp3) is 0.385. The minimum Gasteiger partial charge on any atom is -0.492 e. The van der Waals surface area contributed by atoms with Gasteiger partial charge in [0.1, 0.15) is 5.75 Å². The Morgan fingerprint density at radius 2 is 2.32 bits per heavy atom. The van der Waals surface area contributed by atoms with Gasteiger partial charge in [-0.15, -0.1) is 0 Å². The summed E-state index contributed by atoms with van der Waals surface area (Å²) in [5, 5.41) is 4.54. The Labute approximate surface area is 124 Å². The SMILES string of the molecule is CC(C)CCOc1ccc(C=NNC(N)=S)cc1Cl. The highest BCUT2D eigenvalue weighted by atomic mass is 35.5. The van der Waals surface area contributed by atoms with E-state index in [0.717, 1.165) is 12.0 Å². The summed E-state index contributed by atoms with van der Waals surface area (Å²) < 4.78 is 5.61. The lowest BCUT2D eigenvalue weighted by Crippen LogP contribution is -2.23. The molecule has 0 saturated carbocycles. The number of benzene rings is 1. The maximum atomic E-state index is 6.13. The van der Waals surface area contributed by atoms with Gasteiger partial charge in [-0.25, -0.2) is 0 Å². The second-order valence-corrected chi connectivity index (χ2v) is 5.30. The molecule has 1 aromatic rings. The number of halogens is 1. The van der Waals surface area contributed by atoms with Crippen molar-refractivity contribution in [3.63, 3.8) is 0 Å². The van der Waals surface area contributed by atoms with Crippen molar-refractivity contribution in [1.29, 1.82) is 0 Å². The molecule has 0 fully saturated rings. The zero-order chi connectivity index (χ0) is 14.3. The van der Waals surface area contributed by atoms with E-state index in [2.05, 4.69) is 36.6 Å². The highest BCUT2D eigenvalue weighted by molar-refractivity contribution is 7.80. The Morgan fingerprint density at radius 1 is 1.58 bits per heavy atom. The molecule has 1 aromatic carbocycles. The summed E-state index contributed by atoms with van der Waals surface area (Å²) >= 11 is 10.8. The second kappa shape index (κ2) is 7.96. The first-order chi connectivity index (χ1) is 8.99. The predicted molar refractivity (Wildman–Crippen MR) is 83.9 cm³/mol. The van der Waals surface area contributed by atoms with Crippen LogP contribution in [0.3, 0.4) is 0 Å². The Balaban J connectivity index is 2.58. The fourth-order valence-electron chi connectivity index (χ4n) is 1.29. The molecular formula is C13H18ClN3OS. The molecule has 0 aliphatic rings. The standard InChI is InChI=1S/C13H18ClN3OS/c1-9(2)5-6-18-12-4-3-10(7-11(12)14)8-16-17-13(15)19/h3-4,7-9H,5-6H2,1-2H3,(H3,15,17,19). The van der Waals surface area contributed by atoms with Crippen LogP contribution in [0.1, 0.15) is 25.8 Å². The molecule has 0 amide bonds. The molecule has 104 valence electrons. The van der Waals surface area contributed by atoms with Crippen molar-refractivity contribution in [1.82, 2.24) is 5.43 Å². The lowest BCUT2D eigenvalue weighted by Gasteiger charge is -2.09. The normalized spacial score (nSPS) is 10.9. The Bertz CT molecular complexity index is 463. The van der Waals surface area contributed by atoms with Gasteiger partial charge in [0.15, 0.2) is 5.11 Å². The minimum atomic E-state index is 0.121. The fourth-order valence-corrected chi connectivity index (χ4v) is 1.59. The molecule has 0 heterocycles. The third kappa shape index (κ3) is 6.40. The zero-order valence-corrected chi connectivity index (χ0v) is 12.6. The second-order valence-electron chi connectivity index (χ2n) is 4.46. The van der Waals surface area contributed by atoms with Crippen LogP contribution in [0.25, 0.3) is 0 Å². The van der Waals surface area contributed by atoms with Crippen LogP contribution in [0.5, 0.6) is 5.75 Å². The molecule has 6 heteroatoms. The summed E-state index contributed by atoms with van der Waals surface area (Å²) in [5.41, 5.74) is 8.57. The lowest BCUT2D eigenvalue weighted by atomic mass is 10.1. The number of ether oxygens (including phenoxy) is 1. The van der Waals surface area contributed by atoms with E-state index in [0.29, 0.717) is 23.3 Å². The molecular weight excluding hydrogens is 282 g/mol. The highest BCUT2D eigenvalue weighted by Gasteiger charge is 2.03. The summed E-state index contributed by atoms with van der Waals surface area (Å²) in [6.45, 7) is 4.96. The molecule has 0 bridgehead atoms. The third-order valence-corrected chi connectivity index (χ3v) is 2.68. The topological polar surface area (TPSA) is 59.6 Å². The average molecular weight is 300 g/mol. The molecule has 1 rings (SSSR count). The number of hydrogen-bond donors (Lipinski definition) is 2. The van der Waals surface area contributed by atoms with Gasteiger partial charge in [0.05, 0.1) is 17.8 Å². The Hall–Kier alpha value is -1.33. The highest BCUT2D eigenvalue weighted by Crippen LogP contribution is 2.25. The van der Waals surface area contributed by atoms with Crippen LogP contribution in [-0.4, -0.2) is 17.9 Å². The first-order valence-electron chi connectivity index (χ1n) is 6.00. The van der Waals surface area contributed by atoms with Crippen LogP contribution in [-0.2, 0) is 0 Å². The van der Waals surface area contributed by atoms with E-state index in [1.165, 1.54) is 0 Å². The summed E-state index contributed by atoms with van der Waals surface area (Å²) in [4.78, 5) is 0. The number of rotatable bonds is 6. The molecule has 0 atom stereocenters. The number of nitrogens with two attached hydrogens (primary N) is 1. The number of thiocarbonyl (C=S) groups is 1. The van der Waals surface area contributed by atoms with Crippen molar-refractivity contribution in [3.05, 3.63) is 28.8 Å². The average Bonchev–Trinajstić information content (AvgIpc) is 2.31. The lowest BCUT2D eigenvalue weighted by molar-refractivity contribution is 0.289. The van der Waals surface area contributed by atoms with Crippen LogP contribution in [0.4, 0.5) is 0 Å². The summed E-state index contributed by atoms with van der Waals surface area (Å²) in [7, 11) is 0. The van der Waals surface area contributed by atoms with E-state index >= 15 is 0 Å². The molecule has 0 unspecified atom stereocenters. The Kier molecular flexibility index (Phi) is 6.59. The van der Waals surface area contributed by atoms with Gasteiger partial charge in [0.2, 0.25) is 0 Å². The van der Waals surface area contributed by atoms with Crippen LogP contribution < -0.4 is 15.9 Å². The van der Waals surface area contributed by atoms with Gasteiger partial charge in [-0.2, -0.15) is 5.10 Å². The maximum absolute atomic E-state index is 6.13. The van der Waals surface area contributed by atoms with E-state index in [9.17, 15) is 0 Å². The molecule has 0 spiro atoms. The van der Waals surface area contributed by atoms with Crippen molar-refractivity contribution in [2.45, 2.75) is 20.3 Å². The summed E-state index contributed by atoms with van der Waals surface area (Å²) in [6.07, 6.45) is 2.58. The third-order valence-electron chi connectivity index (χ3n) is 2.30. The van der Waals surface area contributed by atoms with Crippen LogP contribution >= 0.6 is 23.8 Å². The van der Waals surface area contributed by atoms with Gasteiger partial charge in [-0.1, -0.05) is 25.4 Å². The van der Waals surface area contributed by atoms with Crippen molar-refractivity contribution in [3.8, 4) is 5.75 Å². The van der Waals surface area contributed by atoms with Crippen molar-refractivity contribution < 1.29 is 4.74 Å². The van der Waals surface area contributed by atoms with Gasteiger partial charge >= 0.3 is 0 Å². The largest absolute Gasteiger partial charge is 0.492 e. The van der Waals surface area contributed by atoms with Gasteiger partial charge in [0.25, 0.3) is 0 Å². The quantitative estimate of drug-likeness (QED) is 0.482. The van der Waals surface area contributed by atoms with Crippen LogP contribution in [0, 0.1) is 5.92 Å². The number of nitrogens with zero attached hydrogens (tertiary/aromatic N) is 1. The number of hydrogen-bond acceptors (Lipinski definition) is 3. The summed E-state index contributed by atoms with van der Waals surface area (Å²) in [5.74, 6) is 1.29. The van der Waals surface area contributed by atoms with Gasteiger partial charge in [-0.05, 0) is 48.3 Å². The molecule has 3 N–H and O–H groups in total. The molecule has 4 nitrogen and oxygen atoms in total. The molecule has 0 aromatic heterocycles. The van der Waals surface area contributed by atoms with Crippen molar-refractivity contribution in [2.75, 3.05) is 6.61 Å². The smallest absolute Gasteiger partial charge is 0.184 e. The summed E-state index contributed by atoms with van der Waals surface area (Å²) in [6, 6.07) is 5.46. The van der Waals surface area contributed by atoms with Crippen LogP contribution in [0.15, 0.2) is 23.3 Å². The van der Waals surface area contributed by atoms with E-state index in [1.807, 2.05) is 12.1 Å². The zero-order valence-electron chi connectivity index (χ0n) is 11.0. The Morgan fingerprint density at radius 3 is 2.89 bits per heavy atom. The molecule has 0 aliphatic heterocycles. The number of hydrazone groups is 1. The van der Waals surface area contributed by atoms with Crippen molar-refractivity contribution in [2.24, 2.45) is 16.8 Å². The predicted octanol–water partition coefficient (Wildman–Crippen LogP) is 2.93. The van der Waals surface area contributed by atoms with Gasteiger partial charge in [0, 0.05) is 0 Å². The van der Waals surface area contributed by atoms with E-state index in [-0.39, 0.29) is 5.11 Å². The van der Waals surface area contributed by atoms with E-state index in [4.69, 9.17) is 22.1 Å². The molecule has 0 aliphatic carbocycles. The minimum absolute atomic E-state index is 0.121. The monoisotopic (exact) mass is 299 g/mol. The van der Waals surface area contributed by atoms with Crippen LogP contribution in [0.2, 0.25) is 5.02 Å². The number of nitrogens with one attached hydrogen (secondary N) is 1. The van der Waals surface area contributed by atoms with Crippen molar-refractivity contribution >= 4 is 35.1 Å². The van der Waals surface area contributed by atoms with E-state index in [1.54, 1.807) is 12.3 Å². The molecule has 19 heavy (non-hydrogen) atoms. The first-order valence-corrected chi connectivity index (χ1v) is 6.78. The van der Waals surface area contributed by atoms with Gasteiger partial charge < -0.3 is 10.5 Å². The maximum Gasteiger partial charge on any atom is 0.184 e. The molecule has 0 saturated heterocycles. The molecule has 0 radical (unpaired) electrons.